The van der Waals surface area contributed by atoms with Gasteiger partial charge >= 0.3 is 0 Å². The summed E-state index contributed by atoms with van der Waals surface area (Å²) in [5, 5.41) is 10.1. The fraction of sp³-hybridized carbons (Fsp3) is 0.562. The van der Waals surface area contributed by atoms with Crippen LogP contribution in [0.2, 0.25) is 0 Å². The lowest BCUT2D eigenvalue weighted by molar-refractivity contribution is -0.120. The van der Waals surface area contributed by atoms with Crippen molar-refractivity contribution in [3.63, 3.8) is 0 Å². The van der Waals surface area contributed by atoms with Crippen LogP contribution in [0.3, 0.4) is 0 Å². The first-order valence-electron chi connectivity index (χ1n) is 14.6. The van der Waals surface area contributed by atoms with E-state index in [1.807, 2.05) is 37.3 Å². The number of halogens is 1. The number of fused-ring (bicyclic) bond motifs is 2. The molecule has 5 atom stereocenters. The summed E-state index contributed by atoms with van der Waals surface area (Å²) in [5.41, 5.74) is 3.37. The third-order valence-electron chi connectivity index (χ3n) is 9.37. The third-order valence-corrected chi connectivity index (χ3v) is 9.37. The van der Waals surface area contributed by atoms with Gasteiger partial charge in [-0.1, -0.05) is 32.9 Å². The smallest absolute Gasteiger partial charge is 0.251 e. The molecule has 7 heteroatoms. The zero-order chi connectivity index (χ0) is 27.7. The normalized spacial score (nSPS) is 28.0. The van der Waals surface area contributed by atoms with E-state index in [-0.39, 0.29) is 11.7 Å². The van der Waals surface area contributed by atoms with Crippen molar-refractivity contribution in [2.24, 2.45) is 28.2 Å². The van der Waals surface area contributed by atoms with E-state index in [0.29, 0.717) is 59.3 Å². The van der Waals surface area contributed by atoms with Gasteiger partial charge in [0.2, 0.25) is 0 Å². The molecule has 1 unspecified atom stereocenters. The molecule has 3 N–H and O–H groups in total. The summed E-state index contributed by atoms with van der Waals surface area (Å²) in [7, 11) is 0. The number of aryl methyl sites for hydroxylation is 1. The number of carbonyl (C=O) groups is 1. The molecule has 2 aromatic carbocycles. The molecule has 5 rings (SSSR count). The van der Waals surface area contributed by atoms with E-state index in [9.17, 15) is 9.18 Å². The highest BCUT2D eigenvalue weighted by molar-refractivity contribution is 5.96. The Labute approximate surface area is 232 Å². The van der Waals surface area contributed by atoms with Crippen LogP contribution in [0.4, 0.5) is 10.1 Å². The van der Waals surface area contributed by atoms with Crippen molar-refractivity contribution in [1.29, 1.82) is 0 Å². The highest BCUT2D eigenvalue weighted by Gasteiger charge is 2.60. The molecule has 1 saturated heterocycles. The highest BCUT2D eigenvalue weighted by Crippen LogP contribution is 2.62. The Hall–Kier alpha value is -2.93. The third kappa shape index (κ3) is 5.84. The van der Waals surface area contributed by atoms with E-state index in [1.165, 1.54) is 18.9 Å². The average Bonchev–Trinajstić information content (AvgIpc) is 2.89. The molecule has 1 amide bonds. The quantitative estimate of drug-likeness (QED) is 0.351. The van der Waals surface area contributed by atoms with Crippen LogP contribution >= 0.6 is 0 Å². The van der Waals surface area contributed by atoms with Gasteiger partial charge in [0.15, 0.2) is 5.96 Å². The van der Waals surface area contributed by atoms with Gasteiger partial charge in [-0.2, -0.15) is 0 Å². The molecule has 39 heavy (non-hydrogen) atoms. The SMILES string of the molecule is Cc1ccc(CCNC(=O)c2ccc(NC(=NC3[C@@H]4CC[C@@H](C)[C@H]3C4(C)C)N3CCN[C@@H](C)C3)cc2)c(F)c1. The summed E-state index contributed by atoms with van der Waals surface area (Å²) in [6, 6.07) is 13.5. The van der Waals surface area contributed by atoms with Crippen molar-refractivity contribution in [3.05, 3.63) is 65.0 Å². The first-order valence-corrected chi connectivity index (χ1v) is 14.6. The van der Waals surface area contributed by atoms with E-state index in [2.05, 4.69) is 48.5 Å². The Bertz CT molecular complexity index is 1210. The van der Waals surface area contributed by atoms with Gasteiger partial charge in [-0.25, -0.2) is 9.38 Å². The van der Waals surface area contributed by atoms with Gasteiger partial charge in [-0.3, -0.25) is 4.79 Å². The zero-order valence-corrected chi connectivity index (χ0v) is 24.1. The number of benzene rings is 2. The van der Waals surface area contributed by atoms with E-state index >= 15 is 0 Å². The second-order valence-electron chi connectivity index (χ2n) is 12.6. The Morgan fingerprint density at radius 2 is 1.92 bits per heavy atom. The van der Waals surface area contributed by atoms with Gasteiger partial charge < -0.3 is 20.9 Å². The summed E-state index contributed by atoms with van der Waals surface area (Å²) in [5.74, 6) is 2.52. The van der Waals surface area contributed by atoms with Crippen molar-refractivity contribution < 1.29 is 9.18 Å². The van der Waals surface area contributed by atoms with Crippen LogP contribution in [0.1, 0.15) is 62.0 Å². The molecule has 0 radical (unpaired) electrons. The van der Waals surface area contributed by atoms with E-state index in [4.69, 9.17) is 4.99 Å². The number of nitrogens with zero attached hydrogens (tertiary/aromatic N) is 2. The molecule has 2 aromatic rings. The summed E-state index contributed by atoms with van der Waals surface area (Å²) >= 11 is 0. The van der Waals surface area contributed by atoms with Crippen molar-refractivity contribution in [2.45, 2.75) is 66.0 Å². The minimum absolute atomic E-state index is 0.155. The van der Waals surface area contributed by atoms with Crippen LogP contribution in [0.15, 0.2) is 47.5 Å². The fourth-order valence-corrected chi connectivity index (χ4v) is 7.22. The number of hydrogen-bond acceptors (Lipinski definition) is 3. The Balaban J connectivity index is 1.25. The Kier molecular flexibility index (Phi) is 7.99. The van der Waals surface area contributed by atoms with Gasteiger partial charge in [-0.15, -0.1) is 0 Å². The molecule has 1 heterocycles. The Morgan fingerprint density at radius 1 is 1.15 bits per heavy atom. The van der Waals surface area contributed by atoms with Crippen LogP contribution in [0.25, 0.3) is 0 Å². The number of carbonyl (C=O) groups excluding carboxylic acids is 1. The number of guanidine groups is 1. The van der Waals surface area contributed by atoms with E-state index < -0.39 is 0 Å². The van der Waals surface area contributed by atoms with Crippen LogP contribution in [0.5, 0.6) is 0 Å². The molecule has 1 aliphatic heterocycles. The fourth-order valence-electron chi connectivity index (χ4n) is 7.22. The maximum Gasteiger partial charge on any atom is 0.251 e. The van der Waals surface area contributed by atoms with Gasteiger partial charge in [0.25, 0.3) is 5.91 Å². The highest BCUT2D eigenvalue weighted by atomic mass is 19.1. The van der Waals surface area contributed by atoms with Crippen molar-refractivity contribution in [2.75, 3.05) is 31.5 Å². The van der Waals surface area contributed by atoms with Gasteiger partial charge in [0, 0.05) is 43.5 Å². The lowest BCUT2D eigenvalue weighted by Gasteiger charge is -2.63. The standard InChI is InChI=1S/C32H44FN5O/c1-20-6-8-23(27(33)18-20)14-15-35-30(39)24-9-11-25(12-10-24)36-31(38-17-16-34-22(3)19-38)37-29-26-13-7-21(2)28(29)32(26,4)5/h6,8-12,18,21-22,26,28-29,34H,7,13-17,19H2,1-5H3,(H,35,39)(H,36,37)/t21-,22+,26+,28-,29?/m1/s1. The van der Waals surface area contributed by atoms with Crippen molar-refractivity contribution in [3.8, 4) is 0 Å². The minimum Gasteiger partial charge on any atom is -0.352 e. The zero-order valence-electron chi connectivity index (χ0n) is 24.1. The lowest BCUT2D eigenvalue weighted by Crippen LogP contribution is -2.63. The number of amides is 1. The molecule has 6 nitrogen and oxygen atoms in total. The monoisotopic (exact) mass is 533 g/mol. The molecular weight excluding hydrogens is 489 g/mol. The summed E-state index contributed by atoms with van der Waals surface area (Å²) < 4.78 is 14.1. The average molecular weight is 534 g/mol. The molecule has 2 saturated carbocycles. The molecule has 2 bridgehead atoms. The predicted octanol–water partition coefficient (Wildman–Crippen LogP) is 5.24. The lowest BCUT2D eigenvalue weighted by atomic mass is 9.43. The largest absolute Gasteiger partial charge is 0.352 e. The number of piperazine rings is 1. The van der Waals surface area contributed by atoms with Crippen molar-refractivity contribution in [1.82, 2.24) is 15.5 Å². The molecule has 3 aliphatic rings. The van der Waals surface area contributed by atoms with Gasteiger partial charge in [0.05, 0.1) is 6.04 Å². The van der Waals surface area contributed by atoms with Gasteiger partial charge in [-0.05, 0) is 97.7 Å². The van der Waals surface area contributed by atoms with Gasteiger partial charge in [0.1, 0.15) is 5.82 Å². The van der Waals surface area contributed by atoms with Crippen LogP contribution < -0.4 is 16.0 Å². The number of rotatable bonds is 6. The Morgan fingerprint density at radius 3 is 2.59 bits per heavy atom. The summed E-state index contributed by atoms with van der Waals surface area (Å²) in [6.07, 6.45) is 3.02. The van der Waals surface area contributed by atoms with E-state index in [1.54, 1.807) is 6.07 Å². The number of nitrogens with one attached hydrogen (secondary N) is 3. The second kappa shape index (κ2) is 11.3. The van der Waals surface area contributed by atoms with Crippen LogP contribution in [-0.2, 0) is 6.42 Å². The number of hydrogen-bond donors (Lipinski definition) is 3. The maximum absolute atomic E-state index is 14.1. The summed E-state index contributed by atoms with van der Waals surface area (Å²) in [4.78, 5) is 20.5. The molecule has 0 spiro atoms. The van der Waals surface area contributed by atoms with E-state index in [0.717, 1.165) is 36.8 Å². The van der Waals surface area contributed by atoms with Crippen LogP contribution in [0, 0.1) is 35.9 Å². The molecule has 3 fully saturated rings. The molecule has 210 valence electrons. The number of anilines is 1. The second-order valence-corrected chi connectivity index (χ2v) is 12.6. The first-order chi connectivity index (χ1) is 18.6. The number of aliphatic imine (C=N–C) groups is 1. The first kappa shape index (κ1) is 27.6. The maximum atomic E-state index is 14.1. The minimum atomic E-state index is -0.223. The predicted molar refractivity (Wildman–Crippen MR) is 157 cm³/mol. The topological polar surface area (TPSA) is 68.8 Å². The summed E-state index contributed by atoms with van der Waals surface area (Å²) in [6.45, 7) is 14.5. The molecular formula is C32H44FN5O. The van der Waals surface area contributed by atoms with Crippen molar-refractivity contribution >= 4 is 17.6 Å². The van der Waals surface area contributed by atoms with Crippen LogP contribution in [-0.4, -0.2) is 55.0 Å². The molecule has 0 aromatic heterocycles. The molecule has 2 aliphatic carbocycles.